The first kappa shape index (κ1) is 15.7. The third-order valence-electron chi connectivity index (χ3n) is 2.37. The Balaban J connectivity index is 0.000000861. The van der Waals surface area contributed by atoms with Crippen LogP contribution in [0.15, 0.2) is 14.5 Å². The van der Waals surface area contributed by atoms with Gasteiger partial charge in [0.05, 0.1) is 10.7 Å². The Morgan fingerprint density at radius 2 is 2.16 bits per heavy atom. The third-order valence-corrected chi connectivity index (χ3v) is 2.79. The highest BCUT2D eigenvalue weighted by Crippen LogP contribution is 2.16. The molecule has 0 aromatic carbocycles. The first-order valence-electron chi connectivity index (χ1n) is 6.39. The van der Waals surface area contributed by atoms with Gasteiger partial charge in [-0.15, -0.1) is 0 Å². The largest absolute Gasteiger partial charge is 0.394 e. The number of aromatic nitrogens is 2. The van der Waals surface area contributed by atoms with Crippen molar-refractivity contribution >= 4 is 23.0 Å². The average Bonchev–Trinajstić information content (AvgIpc) is 2.70. The minimum absolute atomic E-state index is 0.297. The van der Waals surface area contributed by atoms with E-state index in [0.717, 1.165) is 25.2 Å². The van der Waals surface area contributed by atoms with E-state index in [-0.39, 0.29) is 0 Å². The molecule has 7 heteroatoms. The SMILES string of the molecule is CC.Cc1nc(/C(N)=C(\Cl)C2=NCCCNC2)no1. The minimum Gasteiger partial charge on any atom is -0.394 e. The van der Waals surface area contributed by atoms with Crippen LogP contribution in [0.2, 0.25) is 0 Å². The molecule has 1 aliphatic heterocycles. The maximum atomic E-state index is 6.19. The molecule has 0 unspecified atom stereocenters. The number of hydrogen-bond donors (Lipinski definition) is 2. The molecule has 3 N–H and O–H groups in total. The van der Waals surface area contributed by atoms with Crippen LogP contribution in [0.5, 0.6) is 0 Å². The van der Waals surface area contributed by atoms with Crippen molar-refractivity contribution in [1.82, 2.24) is 15.5 Å². The van der Waals surface area contributed by atoms with E-state index in [2.05, 4.69) is 20.4 Å². The summed E-state index contributed by atoms with van der Waals surface area (Å²) in [6.07, 6.45) is 0.995. The molecule has 6 nitrogen and oxygen atoms in total. The quantitative estimate of drug-likeness (QED) is 0.863. The van der Waals surface area contributed by atoms with E-state index in [1.54, 1.807) is 6.92 Å². The number of aliphatic imine (C=N–C) groups is 1. The van der Waals surface area contributed by atoms with Crippen molar-refractivity contribution in [2.75, 3.05) is 19.6 Å². The Kier molecular flexibility index (Phi) is 6.52. The van der Waals surface area contributed by atoms with Gasteiger partial charge in [-0.2, -0.15) is 4.98 Å². The summed E-state index contributed by atoms with van der Waals surface area (Å²) >= 11 is 6.19. The van der Waals surface area contributed by atoms with Crippen LogP contribution < -0.4 is 11.1 Å². The van der Waals surface area contributed by atoms with Crippen LogP contribution in [-0.2, 0) is 0 Å². The van der Waals surface area contributed by atoms with E-state index in [0.29, 0.717) is 29.0 Å². The molecule has 1 aromatic rings. The van der Waals surface area contributed by atoms with Crippen molar-refractivity contribution in [3.63, 3.8) is 0 Å². The number of hydrogen-bond acceptors (Lipinski definition) is 6. The Morgan fingerprint density at radius 3 is 2.79 bits per heavy atom. The topological polar surface area (TPSA) is 89.3 Å². The molecule has 2 rings (SSSR count). The fourth-order valence-electron chi connectivity index (χ4n) is 1.49. The van der Waals surface area contributed by atoms with Crippen molar-refractivity contribution in [3.8, 4) is 0 Å². The maximum Gasteiger partial charge on any atom is 0.223 e. The molecule has 0 radical (unpaired) electrons. The van der Waals surface area contributed by atoms with Gasteiger partial charge in [0.25, 0.3) is 0 Å². The number of nitrogens with two attached hydrogens (primary N) is 1. The normalized spacial score (nSPS) is 16.7. The van der Waals surface area contributed by atoms with Crippen LogP contribution in [0.1, 0.15) is 32.0 Å². The summed E-state index contributed by atoms with van der Waals surface area (Å²) in [6.45, 7) is 7.98. The highest BCUT2D eigenvalue weighted by molar-refractivity contribution is 6.46. The van der Waals surface area contributed by atoms with Crippen molar-refractivity contribution < 1.29 is 4.52 Å². The fraction of sp³-hybridized carbons (Fsp3) is 0.583. The molecular weight excluding hydrogens is 266 g/mol. The lowest BCUT2D eigenvalue weighted by Crippen LogP contribution is -2.23. The summed E-state index contributed by atoms with van der Waals surface area (Å²) in [5.41, 5.74) is 6.92. The second-order valence-corrected chi connectivity index (χ2v) is 4.10. The first-order valence-corrected chi connectivity index (χ1v) is 6.76. The van der Waals surface area contributed by atoms with Crippen LogP contribution in [-0.4, -0.2) is 35.5 Å². The molecule has 0 bridgehead atoms. The van der Waals surface area contributed by atoms with Crippen LogP contribution >= 0.6 is 11.6 Å². The first-order chi connectivity index (χ1) is 9.18. The Morgan fingerprint density at radius 1 is 1.42 bits per heavy atom. The van der Waals surface area contributed by atoms with Gasteiger partial charge in [-0.1, -0.05) is 30.6 Å². The van der Waals surface area contributed by atoms with Gasteiger partial charge in [0.1, 0.15) is 5.70 Å². The van der Waals surface area contributed by atoms with E-state index in [1.807, 2.05) is 13.8 Å². The van der Waals surface area contributed by atoms with E-state index in [9.17, 15) is 0 Å². The van der Waals surface area contributed by atoms with Crippen LogP contribution in [0.25, 0.3) is 5.70 Å². The zero-order valence-corrected chi connectivity index (χ0v) is 12.3. The smallest absolute Gasteiger partial charge is 0.223 e. The van der Waals surface area contributed by atoms with Crippen LogP contribution in [0.4, 0.5) is 0 Å². The molecule has 0 saturated heterocycles. The zero-order valence-electron chi connectivity index (χ0n) is 11.5. The molecular formula is C12H20ClN5O. The van der Waals surface area contributed by atoms with Gasteiger partial charge in [0, 0.05) is 20.0 Å². The van der Waals surface area contributed by atoms with Gasteiger partial charge in [-0.25, -0.2) is 0 Å². The predicted octanol–water partition coefficient (Wildman–Crippen LogP) is 1.70. The summed E-state index contributed by atoms with van der Waals surface area (Å²) in [5, 5.41) is 7.34. The molecule has 0 aliphatic carbocycles. The fourth-order valence-corrected chi connectivity index (χ4v) is 1.70. The van der Waals surface area contributed by atoms with E-state index >= 15 is 0 Å². The number of halogens is 1. The highest BCUT2D eigenvalue weighted by Gasteiger charge is 2.15. The third kappa shape index (κ3) is 4.33. The molecule has 106 valence electrons. The molecule has 19 heavy (non-hydrogen) atoms. The second-order valence-electron chi connectivity index (χ2n) is 3.72. The minimum atomic E-state index is 0.297. The van der Waals surface area contributed by atoms with Crippen molar-refractivity contribution in [2.24, 2.45) is 10.7 Å². The molecule has 2 heterocycles. The van der Waals surface area contributed by atoms with E-state index in [1.165, 1.54) is 0 Å². The zero-order chi connectivity index (χ0) is 14.3. The van der Waals surface area contributed by atoms with Crippen LogP contribution in [0.3, 0.4) is 0 Å². The van der Waals surface area contributed by atoms with Crippen molar-refractivity contribution in [3.05, 3.63) is 16.7 Å². The van der Waals surface area contributed by atoms with E-state index in [4.69, 9.17) is 21.9 Å². The monoisotopic (exact) mass is 285 g/mol. The van der Waals surface area contributed by atoms with Gasteiger partial charge < -0.3 is 15.6 Å². The van der Waals surface area contributed by atoms with Gasteiger partial charge in [-0.3, -0.25) is 4.99 Å². The molecule has 0 saturated carbocycles. The van der Waals surface area contributed by atoms with Gasteiger partial charge in [0.15, 0.2) is 0 Å². The number of nitrogens with one attached hydrogen (secondary N) is 1. The molecule has 0 atom stereocenters. The summed E-state index contributed by atoms with van der Waals surface area (Å²) in [6, 6.07) is 0. The van der Waals surface area contributed by atoms with Gasteiger partial charge >= 0.3 is 0 Å². The Bertz CT molecular complexity index is 466. The standard InChI is InChI=1S/C10H14ClN5O.C2H6/c1-6-15-10(16-17-6)9(12)8(11)7-5-13-3-2-4-14-7;1-2/h13H,2-5,12H2,1H3;1-2H3/b9-8+;. The molecule has 0 fully saturated rings. The van der Waals surface area contributed by atoms with Gasteiger partial charge in [-0.05, 0) is 13.0 Å². The Hall–Kier alpha value is -1.40. The van der Waals surface area contributed by atoms with Crippen molar-refractivity contribution in [1.29, 1.82) is 0 Å². The van der Waals surface area contributed by atoms with E-state index < -0.39 is 0 Å². The lowest BCUT2D eigenvalue weighted by molar-refractivity contribution is 0.391. The lowest BCUT2D eigenvalue weighted by Gasteiger charge is -2.05. The number of rotatable bonds is 2. The summed E-state index contributed by atoms with van der Waals surface area (Å²) < 4.78 is 4.86. The number of nitrogens with zero attached hydrogens (tertiary/aromatic N) is 3. The highest BCUT2D eigenvalue weighted by atomic mass is 35.5. The van der Waals surface area contributed by atoms with Gasteiger partial charge in [0.2, 0.25) is 11.7 Å². The maximum absolute atomic E-state index is 6.19. The van der Waals surface area contributed by atoms with Crippen molar-refractivity contribution in [2.45, 2.75) is 27.2 Å². The molecule has 1 aromatic heterocycles. The van der Waals surface area contributed by atoms with Crippen LogP contribution in [0, 0.1) is 6.92 Å². The molecule has 0 spiro atoms. The number of aryl methyl sites for hydroxylation is 1. The molecule has 1 aliphatic rings. The molecule has 0 amide bonds. The Labute approximate surface area is 118 Å². The summed E-state index contributed by atoms with van der Waals surface area (Å²) in [4.78, 5) is 8.40. The summed E-state index contributed by atoms with van der Waals surface area (Å²) in [5.74, 6) is 0.757. The summed E-state index contributed by atoms with van der Waals surface area (Å²) in [7, 11) is 0. The second kappa shape index (κ2) is 7.91. The lowest BCUT2D eigenvalue weighted by atomic mass is 10.2. The predicted molar refractivity (Wildman–Crippen MR) is 77.1 cm³/mol. The average molecular weight is 286 g/mol.